The monoisotopic (exact) mass is 254 g/mol. The second-order valence-electron chi connectivity index (χ2n) is 4.42. The van der Waals surface area contributed by atoms with E-state index in [1.807, 2.05) is 24.3 Å². The minimum atomic E-state index is -0.134. The summed E-state index contributed by atoms with van der Waals surface area (Å²) in [5.41, 5.74) is 0.997. The molecule has 0 aliphatic carbocycles. The van der Waals surface area contributed by atoms with Gasteiger partial charge in [0.1, 0.15) is 0 Å². The van der Waals surface area contributed by atoms with E-state index in [9.17, 15) is 4.79 Å². The summed E-state index contributed by atoms with van der Waals surface area (Å²) in [6, 6.07) is 7.32. The number of rotatable bonds is 5. The zero-order valence-corrected chi connectivity index (χ0v) is 11.1. The second-order valence-corrected chi connectivity index (χ2v) is 4.86. The Hall–Kier alpha value is -1.22. The third kappa shape index (κ3) is 6.17. The summed E-state index contributed by atoms with van der Waals surface area (Å²) in [5, 5.41) is 6.29. The van der Waals surface area contributed by atoms with Crippen molar-refractivity contribution in [2.24, 2.45) is 5.92 Å². The van der Waals surface area contributed by atoms with Gasteiger partial charge in [-0.15, -0.1) is 0 Å². The van der Waals surface area contributed by atoms with Gasteiger partial charge in [0, 0.05) is 18.1 Å². The lowest BCUT2D eigenvalue weighted by Crippen LogP contribution is -2.35. The Bertz CT molecular complexity index is 366. The fourth-order valence-electron chi connectivity index (χ4n) is 1.37. The van der Waals surface area contributed by atoms with Gasteiger partial charge in [0.2, 0.25) is 0 Å². The fraction of sp³-hybridized carbons (Fsp3) is 0.462. The quantitative estimate of drug-likeness (QED) is 0.833. The highest BCUT2D eigenvalue weighted by Crippen LogP contribution is 2.10. The summed E-state index contributed by atoms with van der Waals surface area (Å²) < 4.78 is 0. The number of urea groups is 1. The van der Waals surface area contributed by atoms with Gasteiger partial charge >= 0.3 is 6.03 Å². The van der Waals surface area contributed by atoms with E-state index < -0.39 is 0 Å². The fourth-order valence-corrected chi connectivity index (χ4v) is 1.58. The highest BCUT2D eigenvalue weighted by Gasteiger charge is 2.01. The average Bonchev–Trinajstić information content (AvgIpc) is 2.26. The molecule has 94 valence electrons. The Morgan fingerprint density at radius 2 is 2.12 bits per heavy atom. The number of halogens is 1. The van der Waals surface area contributed by atoms with Gasteiger partial charge in [-0.1, -0.05) is 37.6 Å². The first-order chi connectivity index (χ1) is 8.08. The van der Waals surface area contributed by atoms with E-state index in [4.69, 9.17) is 11.6 Å². The molecule has 0 saturated heterocycles. The van der Waals surface area contributed by atoms with Crippen LogP contribution in [0.2, 0.25) is 5.02 Å². The molecule has 2 amide bonds. The molecule has 4 heteroatoms. The van der Waals surface area contributed by atoms with Crippen LogP contribution in [-0.2, 0) is 6.54 Å². The van der Waals surface area contributed by atoms with Crippen molar-refractivity contribution >= 4 is 17.6 Å². The number of carbonyl (C=O) groups is 1. The number of hydrogen-bond acceptors (Lipinski definition) is 1. The van der Waals surface area contributed by atoms with Crippen LogP contribution < -0.4 is 10.6 Å². The van der Waals surface area contributed by atoms with Crippen LogP contribution in [0.5, 0.6) is 0 Å². The van der Waals surface area contributed by atoms with Gasteiger partial charge in [-0.2, -0.15) is 0 Å². The van der Waals surface area contributed by atoms with Gasteiger partial charge in [-0.05, 0) is 30.0 Å². The Morgan fingerprint density at radius 1 is 1.35 bits per heavy atom. The Balaban J connectivity index is 2.24. The molecule has 0 fully saturated rings. The van der Waals surface area contributed by atoms with Crippen LogP contribution >= 0.6 is 11.6 Å². The first-order valence-corrected chi connectivity index (χ1v) is 6.22. The molecule has 17 heavy (non-hydrogen) atoms. The Kier molecular flexibility index (Phi) is 5.84. The smallest absolute Gasteiger partial charge is 0.315 e. The molecule has 0 aliphatic heterocycles. The van der Waals surface area contributed by atoms with Crippen LogP contribution in [0.3, 0.4) is 0 Å². The van der Waals surface area contributed by atoms with Crippen LogP contribution in [0.15, 0.2) is 24.3 Å². The maximum atomic E-state index is 11.4. The summed E-state index contributed by atoms with van der Waals surface area (Å²) in [6.07, 6.45) is 0.991. The molecule has 0 heterocycles. The van der Waals surface area contributed by atoms with E-state index in [1.165, 1.54) is 0 Å². The summed E-state index contributed by atoms with van der Waals surface area (Å²) >= 11 is 5.85. The van der Waals surface area contributed by atoms with Crippen LogP contribution in [0, 0.1) is 5.92 Å². The first kappa shape index (κ1) is 13.8. The molecule has 0 aliphatic rings. The highest BCUT2D eigenvalue weighted by molar-refractivity contribution is 6.30. The van der Waals surface area contributed by atoms with E-state index >= 15 is 0 Å². The van der Waals surface area contributed by atoms with E-state index in [0.717, 1.165) is 12.0 Å². The third-order valence-corrected chi connectivity index (χ3v) is 2.58. The van der Waals surface area contributed by atoms with Gasteiger partial charge < -0.3 is 10.6 Å². The molecular weight excluding hydrogens is 236 g/mol. The normalized spacial score (nSPS) is 10.4. The molecular formula is C13H19ClN2O. The lowest BCUT2D eigenvalue weighted by atomic mass is 10.1. The highest BCUT2D eigenvalue weighted by atomic mass is 35.5. The molecule has 0 spiro atoms. The molecule has 0 atom stereocenters. The minimum Gasteiger partial charge on any atom is -0.338 e. The predicted octanol–water partition coefficient (Wildman–Crippen LogP) is 3.19. The largest absolute Gasteiger partial charge is 0.338 e. The summed E-state index contributed by atoms with van der Waals surface area (Å²) in [4.78, 5) is 11.4. The molecule has 1 aromatic rings. The van der Waals surface area contributed by atoms with Crippen molar-refractivity contribution in [2.45, 2.75) is 26.8 Å². The first-order valence-electron chi connectivity index (χ1n) is 5.84. The SMILES string of the molecule is CC(C)CCNC(=O)NCc1cccc(Cl)c1. The van der Waals surface area contributed by atoms with Gasteiger partial charge in [0.05, 0.1) is 0 Å². The van der Waals surface area contributed by atoms with Gasteiger partial charge in [-0.3, -0.25) is 0 Å². The molecule has 2 N–H and O–H groups in total. The number of hydrogen-bond donors (Lipinski definition) is 2. The lowest BCUT2D eigenvalue weighted by molar-refractivity contribution is 0.240. The van der Waals surface area contributed by atoms with Crippen molar-refractivity contribution in [1.29, 1.82) is 0 Å². The predicted molar refractivity (Wildman–Crippen MR) is 71.1 cm³/mol. The number of carbonyl (C=O) groups excluding carboxylic acids is 1. The van der Waals surface area contributed by atoms with Gasteiger partial charge in [0.25, 0.3) is 0 Å². The van der Waals surface area contributed by atoms with Crippen LogP contribution in [0.1, 0.15) is 25.8 Å². The van der Waals surface area contributed by atoms with Crippen molar-refractivity contribution in [2.75, 3.05) is 6.54 Å². The lowest BCUT2D eigenvalue weighted by Gasteiger charge is -2.09. The maximum absolute atomic E-state index is 11.4. The molecule has 0 aromatic heterocycles. The Morgan fingerprint density at radius 3 is 2.76 bits per heavy atom. The molecule has 0 unspecified atom stereocenters. The van der Waals surface area contributed by atoms with Crippen molar-refractivity contribution in [3.05, 3.63) is 34.9 Å². The summed E-state index contributed by atoms with van der Waals surface area (Å²) in [7, 11) is 0. The molecule has 1 rings (SSSR count). The van der Waals surface area contributed by atoms with Gasteiger partial charge in [-0.25, -0.2) is 4.79 Å². The summed E-state index contributed by atoms with van der Waals surface area (Å²) in [5.74, 6) is 0.600. The summed E-state index contributed by atoms with van der Waals surface area (Å²) in [6.45, 7) is 5.46. The van der Waals surface area contributed by atoms with Crippen molar-refractivity contribution in [3.63, 3.8) is 0 Å². The molecule has 0 radical (unpaired) electrons. The number of nitrogens with one attached hydrogen (secondary N) is 2. The zero-order chi connectivity index (χ0) is 12.7. The van der Waals surface area contributed by atoms with E-state index in [2.05, 4.69) is 24.5 Å². The van der Waals surface area contributed by atoms with E-state index in [0.29, 0.717) is 24.0 Å². The topological polar surface area (TPSA) is 41.1 Å². The van der Waals surface area contributed by atoms with E-state index in [1.54, 1.807) is 0 Å². The maximum Gasteiger partial charge on any atom is 0.315 e. The molecule has 1 aromatic carbocycles. The molecule has 0 bridgehead atoms. The van der Waals surface area contributed by atoms with Crippen molar-refractivity contribution in [1.82, 2.24) is 10.6 Å². The van der Waals surface area contributed by atoms with Crippen molar-refractivity contribution in [3.8, 4) is 0 Å². The van der Waals surface area contributed by atoms with Crippen LogP contribution in [-0.4, -0.2) is 12.6 Å². The zero-order valence-electron chi connectivity index (χ0n) is 10.3. The van der Waals surface area contributed by atoms with Crippen molar-refractivity contribution < 1.29 is 4.79 Å². The minimum absolute atomic E-state index is 0.134. The third-order valence-electron chi connectivity index (χ3n) is 2.35. The average molecular weight is 255 g/mol. The second kappa shape index (κ2) is 7.17. The number of benzene rings is 1. The standard InChI is InChI=1S/C13H19ClN2O/c1-10(2)6-7-15-13(17)16-9-11-4-3-5-12(14)8-11/h3-5,8,10H,6-7,9H2,1-2H3,(H2,15,16,17). The molecule has 3 nitrogen and oxygen atoms in total. The van der Waals surface area contributed by atoms with Crippen LogP contribution in [0.4, 0.5) is 4.79 Å². The number of amides is 2. The van der Waals surface area contributed by atoms with E-state index in [-0.39, 0.29) is 6.03 Å². The van der Waals surface area contributed by atoms with Crippen LogP contribution in [0.25, 0.3) is 0 Å². The Labute approximate surface area is 108 Å². The van der Waals surface area contributed by atoms with Gasteiger partial charge in [0.15, 0.2) is 0 Å². The molecule has 0 saturated carbocycles.